The topological polar surface area (TPSA) is 43.1 Å². The fraction of sp³-hybridized carbons (Fsp3) is 0.179. The summed E-state index contributed by atoms with van der Waals surface area (Å²) in [7, 11) is 0. The van der Waals surface area contributed by atoms with Crippen molar-refractivity contribution in [1.82, 2.24) is 0 Å². The lowest BCUT2D eigenvalue weighted by atomic mass is 10.0. The lowest BCUT2D eigenvalue weighted by Gasteiger charge is -2.04. The van der Waals surface area contributed by atoms with Crippen molar-refractivity contribution in [3.63, 3.8) is 0 Å². The van der Waals surface area contributed by atoms with Crippen LogP contribution in [0.15, 0.2) is 97.1 Å². The summed E-state index contributed by atoms with van der Waals surface area (Å²) in [6.07, 6.45) is 10.0. The number of aldehydes is 1. The van der Waals surface area contributed by atoms with Crippen LogP contribution in [0.3, 0.4) is 0 Å². The zero-order valence-corrected chi connectivity index (χ0v) is 17.1. The Hall–Kier alpha value is -3.39. The zero-order chi connectivity index (χ0) is 20.8. The highest BCUT2D eigenvalue weighted by atomic mass is 16.1. The second kappa shape index (κ2) is 9.41. The Balaban J connectivity index is 0.000000122. The predicted molar refractivity (Wildman–Crippen MR) is 128 cm³/mol. The highest BCUT2D eigenvalue weighted by molar-refractivity contribution is 6.03. The highest BCUT2D eigenvalue weighted by Crippen LogP contribution is 2.38. The summed E-state index contributed by atoms with van der Waals surface area (Å²) >= 11 is 0. The molecule has 1 saturated carbocycles. The largest absolute Gasteiger partial charge is 0.398 e. The van der Waals surface area contributed by atoms with E-state index in [0.717, 1.165) is 34.8 Å². The number of rotatable bonds is 1. The van der Waals surface area contributed by atoms with E-state index in [2.05, 4.69) is 48.6 Å². The molecule has 30 heavy (non-hydrogen) atoms. The van der Waals surface area contributed by atoms with Gasteiger partial charge in [0, 0.05) is 16.6 Å². The van der Waals surface area contributed by atoms with Crippen molar-refractivity contribution < 1.29 is 4.79 Å². The maximum Gasteiger partial charge on any atom is 0.150 e. The summed E-state index contributed by atoms with van der Waals surface area (Å²) in [6.45, 7) is 0. The minimum atomic E-state index is 0.729. The van der Waals surface area contributed by atoms with Gasteiger partial charge in [0.1, 0.15) is 6.29 Å². The van der Waals surface area contributed by atoms with E-state index >= 15 is 0 Å². The number of nitrogen functional groups attached to an aromatic ring is 1. The average molecular weight is 394 g/mol. The van der Waals surface area contributed by atoms with Crippen LogP contribution < -0.4 is 5.73 Å². The Labute approximate surface area is 178 Å². The first-order valence-electron chi connectivity index (χ1n) is 10.6. The Morgan fingerprint density at radius 2 is 1.30 bits per heavy atom. The van der Waals surface area contributed by atoms with Crippen LogP contribution in [-0.4, -0.2) is 6.29 Å². The summed E-state index contributed by atoms with van der Waals surface area (Å²) in [4.78, 5) is 10.0. The first-order valence-corrected chi connectivity index (χ1v) is 10.6. The maximum atomic E-state index is 10.0. The molecule has 2 heteroatoms. The molecule has 2 aliphatic carbocycles. The van der Waals surface area contributed by atoms with Gasteiger partial charge in [-0.05, 0) is 65.5 Å². The number of benzene rings is 4. The molecule has 4 aromatic carbocycles. The molecule has 6 rings (SSSR count). The molecule has 0 spiro atoms. The number of carbonyl (C=O) groups excluding carboxylic acids is 1. The maximum absolute atomic E-state index is 10.0. The normalized spacial score (nSPS) is 18.4. The first kappa shape index (κ1) is 19.9. The van der Waals surface area contributed by atoms with Gasteiger partial charge < -0.3 is 5.73 Å². The van der Waals surface area contributed by atoms with E-state index in [1.807, 2.05) is 36.4 Å². The molecule has 2 N–H and O–H groups in total. The summed E-state index contributed by atoms with van der Waals surface area (Å²) < 4.78 is 0. The monoisotopic (exact) mass is 393 g/mol. The Morgan fingerprint density at radius 1 is 0.700 bits per heavy atom. The van der Waals surface area contributed by atoms with Crippen LogP contribution in [0.4, 0.5) is 5.69 Å². The Morgan fingerprint density at radius 3 is 1.83 bits per heavy atom. The lowest BCUT2D eigenvalue weighted by Crippen LogP contribution is -1.86. The smallest absolute Gasteiger partial charge is 0.150 e. The van der Waals surface area contributed by atoms with Crippen LogP contribution in [0.1, 0.15) is 29.6 Å². The van der Waals surface area contributed by atoms with Crippen LogP contribution in [0, 0.1) is 11.8 Å². The van der Waals surface area contributed by atoms with Gasteiger partial charge in [0.05, 0.1) is 0 Å². The van der Waals surface area contributed by atoms with E-state index in [1.54, 1.807) is 12.1 Å². The molecule has 1 fully saturated rings. The molecule has 150 valence electrons. The van der Waals surface area contributed by atoms with E-state index in [4.69, 9.17) is 5.73 Å². The van der Waals surface area contributed by atoms with Gasteiger partial charge >= 0.3 is 0 Å². The van der Waals surface area contributed by atoms with E-state index in [0.29, 0.717) is 0 Å². The molecule has 0 saturated heterocycles. The van der Waals surface area contributed by atoms with Crippen LogP contribution in [0.5, 0.6) is 0 Å². The van der Waals surface area contributed by atoms with Gasteiger partial charge in [0.25, 0.3) is 0 Å². The second-order valence-electron chi connectivity index (χ2n) is 8.01. The van der Waals surface area contributed by atoms with Crippen LogP contribution in [-0.2, 0) is 0 Å². The number of hydrogen-bond acceptors (Lipinski definition) is 2. The van der Waals surface area contributed by atoms with Crippen LogP contribution in [0.2, 0.25) is 0 Å². The van der Waals surface area contributed by atoms with Gasteiger partial charge in [-0.2, -0.15) is 0 Å². The molecule has 0 aliphatic heterocycles. The molecule has 0 heterocycles. The first-order chi connectivity index (χ1) is 14.7. The highest BCUT2D eigenvalue weighted by Gasteiger charge is 2.25. The van der Waals surface area contributed by atoms with Gasteiger partial charge in [0.15, 0.2) is 0 Å². The molecule has 2 atom stereocenters. The average Bonchev–Trinajstić information content (AvgIpc) is 3.46. The Bertz CT molecular complexity index is 1150. The van der Waals surface area contributed by atoms with E-state index in [-0.39, 0.29) is 0 Å². The predicted octanol–water partition coefficient (Wildman–Crippen LogP) is 7.05. The number of anilines is 1. The number of carbonyl (C=O) groups is 1. The fourth-order valence-electron chi connectivity index (χ4n) is 4.24. The third-order valence-corrected chi connectivity index (χ3v) is 5.89. The van der Waals surface area contributed by atoms with E-state index in [1.165, 1.54) is 35.4 Å². The molecule has 0 amide bonds. The molecule has 0 aromatic heterocycles. The quantitative estimate of drug-likeness (QED) is 0.163. The van der Waals surface area contributed by atoms with Crippen LogP contribution in [0.25, 0.3) is 21.5 Å². The Kier molecular flexibility index (Phi) is 6.24. The zero-order valence-electron chi connectivity index (χ0n) is 17.1. The van der Waals surface area contributed by atoms with Crippen molar-refractivity contribution in [3.8, 4) is 0 Å². The lowest BCUT2D eigenvalue weighted by molar-refractivity contribution is 0.112. The third kappa shape index (κ3) is 4.77. The number of fused-ring (bicyclic) bond motifs is 4. The number of nitrogens with two attached hydrogens (primary N) is 1. The third-order valence-electron chi connectivity index (χ3n) is 5.89. The van der Waals surface area contributed by atoms with Gasteiger partial charge in [-0.3, -0.25) is 4.79 Å². The van der Waals surface area contributed by atoms with E-state index < -0.39 is 0 Å². The molecular weight excluding hydrogens is 366 g/mol. The van der Waals surface area contributed by atoms with Crippen molar-refractivity contribution in [3.05, 3.63) is 103 Å². The van der Waals surface area contributed by atoms with Crippen molar-refractivity contribution in [2.75, 3.05) is 5.73 Å². The molecule has 2 unspecified atom stereocenters. The van der Waals surface area contributed by atoms with Crippen molar-refractivity contribution in [1.29, 1.82) is 0 Å². The molecule has 2 bridgehead atoms. The standard InChI is InChI=1S/C14H11N.C7H6O.C7H10/c15-14-7-3-6-12-8-10-4-1-2-5-11(10)9-13(12)14;8-6-7-4-2-1-3-5-7;1-2-7-4-3-6(1)5-7/h1-9H,15H2;1-6H;1-2,6-7H,3-5H2. The SMILES string of the molecule is C1=CC2CCC1C2.Nc1cccc2cc3ccccc3cc12.O=Cc1ccccc1. The minimum absolute atomic E-state index is 0.729. The van der Waals surface area contributed by atoms with Crippen LogP contribution >= 0.6 is 0 Å². The molecular formula is C28H27NO. The van der Waals surface area contributed by atoms with Gasteiger partial charge in [-0.1, -0.05) is 78.9 Å². The molecule has 2 nitrogen and oxygen atoms in total. The summed E-state index contributed by atoms with van der Waals surface area (Å²) in [5.74, 6) is 1.98. The molecule has 2 aliphatic rings. The fourth-order valence-corrected chi connectivity index (χ4v) is 4.24. The van der Waals surface area contributed by atoms with Crippen molar-refractivity contribution in [2.45, 2.75) is 19.3 Å². The second-order valence-corrected chi connectivity index (χ2v) is 8.01. The van der Waals surface area contributed by atoms with Gasteiger partial charge in [-0.25, -0.2) is 0 Å². The summed E-state index contributed by atoms with van der Waals surface area (Å²) in [6, 6.07) is 27.8. The van der Waals surface area contributed by atoms with Gasteiger partial charge in [-0.15, -0.1) is 0 Å². The molecule has 0 radical (unpaired) electrons. The minimum Gasteiger partial charge on any atom is -0.398 e. The number of hydrogen-bond donors (Lipinski definition) is 1. The van der Waals surface area contributed by atoms with E-state index in [9.17, 15) is 4.79 Å². The number of allylic oxidation sites excluding steroid dienone is 2. The summed E-state index contributed by atoms with van der Waals surface area (Å²) in [5, 5.41) is 4.84. The van der Waals surface area contributed by atoms with Crippen molar-refractivity contribution >= 4 is 33.5 Å². The van der Waals surface area contributed by atoms with Crippen molar-refractivity contribution in [2.24, 2.45) is 11.8 Å². The van der Waals surface area contributed by atoms with Gasteiger partial charge in [0.2, 0.25) is 0 Å². The molecule has 4 aromatic rings. The summed E-state index contributed by atoms with van der Waals surface area (Å²) in [5.41, 5.74) is 7.52.